The molecule has 166 valence electrons. The fourth-order valence-electron chi connectivity index (χ4n) is 1.74. The molecule has 2 aromatic rings. The number of hydrogen-bond donors (Lipinski definition) is 0. The van der Waals surface area contributed by atoms with Crippen molar-refractivity contribution >= 4 is 106 Å². The molecule has 0 unspecified atom stereocenters. The predicted octanol–water partition coefficient (Wildman–Crippen LogP) is 8.23. The van der Waals surface area contributed by atoms with Gasteiger partial charge in [-0.2, -0.15) is 0 Å². The number of halogens is 7. The largest absolute Gasteiger partial charge is 0.465 e. The van der Waals surface area contributed by atoms with Crippen molar-refractivity contribution in [3.63, 3.8) is 0 Å². The van der Waals surface area contributed by atoms with E-state index in [2.05, 4.69) is 57.3 Å². The predicted molar refractivity (Wildman–Crippen MR) is 134 cm³/mol. The highest BCUT2D eigenvalue weighted by molar-refractivity contribution is 9.11. The van der Waals surface area contributed by atoms with Crippen molar-refractivity contribution < 1.29 is 19.1 Å². The monoisotopic (exact) mass is 686 g/mol. The van der Waals surface area contributed by atoms with Crippen LogP contribution in [-0.2, 0) is 14.8 Å². The molecule has 0 saturated carbocycles. The smallest absolute Gasteiger partial charge is 0.337 e. The molecule has 0 N–H and O–H groups in total. The number of benzene rings is 2. The number of carbonyl (C=O) groups excluding carboxylic acids is 2. The van der Waals surface area contributed by atoms with E-state index in [-0.39, 0.29) is 11.9 Å². The minimum atomic E-state index is -1.61. The van der Waals surface area contributed by atoms with Crippen molar-refractivity contribution in [2.24, 2.45) is 0 Å². The number of methoxy groups -OCH3 is 2. The van der Waals surface area contributed by atoms with Crippen LogP contribution in [0.2, 0.25) is 0 Å². The second-order valence-corrected chi connectivity index (χ2v) is 11.0. The summed E-state index contributed by atoms with van der Waals surface area (Å²) in [6.07, 6.45) is 0. The molecule has 0 atom stereocenters. The normalized spacial score (nSPS) is 10.1. The Balaban J connectivity index is 0.000000461. The maximum atomic E-state index is 11.1. The molecule has 4 nitrogen and oxygen atoms in total. The van der Waals surface area contributed by atoms with Gasteiger partial charge in [0.15, 0.2) is 0 Å². The summed E-state index contributed by atoms with van der Waals surface area (Å²) in [7, 11) is 2.74. The zero-order chi connectivity index (χ0) is 23.5. The lowest BCUT2D eigenvalue weighted by atomic mass is 10.1. The van der Waals surface area contributed by atoms with Crippen molar-refractivity contribution in [3.05, 3.63) is 67.6 Å². The van der Waals surface area contributed by atoms with Gasteiger partial charge in [0.05, 0.1) is 25.3 Å². The maximum absolute atomic E-state index is 11.1. The van der Waals surface area contributed by atoms with Gasteiger partial charge in [-0.25, -0.2) is 9.59 Å². The molecule has 2 rings (SSSR count). The number of ether oxygens (including phenoxy) is 2. The number of hydrogen-bond acceptors (Lipinski definition) is 4. The fourth-order valence-corrected chi connectivity index (χ4v) is 3.50. The molecule has 11 heteroatoms. The highest BCUT2D eigenvalue weighted by Gasteiger charge is 2.11. The fraction of sp³-hybridized carbons (Fsp3) is 0.263. The van der Waals surface area contributed by atoms with E-state index in [0.29, 0.717) is 11.1 Å². The molecule has 0 aliphatic heterocycles. The van der Waals surface area contributed by atoms with Crippen LogP contribution >= 0.6 is 94.2 Å². The van der Waals surface area contributed by atoms with Crippen LogP contribution in [-0.4, -0.2) is 29.4 Å². The molecule has 0 fully saturated rings. The molecule has 30 heavy (non-hydrogen) atoms. The third-order valence-corrected chi connectivity index (χ3v) is 5.41. The van der Waals surface area contributed by atoms with Crippen LogP contribution in [0, 0.1) is 6.92 Å². The number of aryl methyl sites for hydroxylation is 1. The first kappa shape index (κ1) is 30.0. The van der Waals surface area contributed by atoms with E-state index < -0.39 is 3.25 Å². The molecule has 0 heterocycles. The number of esters is 2. The SMILES string of the molecule is COC(=O)c1ccc(C)c(Br)c1.COC(=O)c1ccc(CBr)c(Br)c1.ClC(Cl)(Cl)Cl. The van der Waals surface area contributed by atoms with E-state index >= 15 is 0 Å². The molecule has 0 bridgehead atoms. The third kappa shape index (κ3) is 12.7. The molecule has 0 aromatic heterocycles. The van der Waals surface area contributed by atoms with Crippen molar-refractivity contribution in [3.8, 4) is 0 Å². The van der Waals surface area contributed by atoms with Gasteiger partial charge >= 0.3 is 11.9 Å². The highest BCUT2D eigenvalue weighted by atomic mass is 79.9. The van der Waals surface area contributed by atoms with E-state index in [0.717, 1.165) is 25.4 Å². The molecule has 0 radical (unpaired) electrons. The van der Waals surface area contributed by atoms with Crippen LogP contribution in [0.3, 0.4) is 0 Å². The van der Waals surface area contributed by atoms with Crippen molar-refractivity contribution in [1.29, 1.82) is 0 Å². The quantitative estimate of drug-likeness (QED) is 0.241. The van der Waals surface area contributed by atoms with E-state index in [1.54, 1.807) is 24.3 Å². The number of rotatable bonds is 3. The lowest BCUT2D eigenvalue weighted by molar-refractivity contribution is 0.0591. The van der Waals surface area contributed by atoms with Crippen LogP contribution in [0.15, 0.2) is 45.3 Å². The summed E-state index contributed by atoms with van der Waals surface area (Å²) in [6, 6.07) is 10.7. The van der Waals surface area contributed by atoms with Gasteiger partial charge in [0, 0.05) is 14.3 Å². The zero-order valence-corrected chi connectivity index (χ0v) is 23.7. The van der Waals surface area contributed by atoms with Gasteiger partial charge in [-0.3, -0.25) is 0 Å². The summed E-state index contributed by atoms with van der Waals surface area (Å²) >= 11 is 29.3. The Morgan fingerprint density at radius 2 is 1.27 bits per heavy atom. The van der Waals surface area contributed by atoms with E-state index in [9.17, 15) is 9.59 Å². The molecule has 0 aliphatic carbocycles. The summed E-state index contributed by atoms with van der Waals surface area (Å²) in [6.45, 7) is 1.96. The molecular weight excluding hydrogens is 674 g/mol. The van der Waals surface area contributed by atoms with E-state index in [1.165, 1.54) is 14.2 Å². The van der Waals surface area contributed by atoms with Crippen LogP contribution in [0.4, 0.5) is 0 Å². The molecule has 0 amide bonds. The minimum Gasteiger partial charge on any atom is -0.465 e. The summed E-state index contributed by atoms with van der Waals surface area (Å²) in [5, 5.41) is 0.759. The average Bonchev–Trinajstić information content (AvgIpc) is 2.68. The average molecular weight is 691 g/mol. The summed E-state index contributed by atoms with van der Waals surface area (Å²) in [5.41, 5.74) is 3.32. The van der Waals surface area contributed by atoms with Crippen molar-refractivity contribution in [1.82, 2.24) is 0 Å². The molecule has 0 aliphatic rings. The Bertz CT molecular complexity index is 852. The topological polar surface area (TPSA) is 52.6 Å². The third-order valence-electron chi connectivity index (χ3n) is 3.21. The van der Waals surface area contributed by atoms with E-state index in [4.69, 9.17) is 46.4 Å². The standard InChI is InChI=1S/C9H8Br2O2.C9H9BrO2.CCl4/c1-13-9(12)6-2-3-7(5-10)8(11)4-6;1-6-3-4-7(5-8(6)10)9(11)12-2;2-1(3,4)5/h2-4H,5H2,1H3;3-5H,1-2H3;. The summed E-state index contributed by atoms with van der Waals surface area (Å²) in [5.74, 6) is -0.627. The van der Waals surface area contributed by atoms with Crippen LogP contribution < -0.4 is 0 Å². The highest BCUT2D eigenvalue weighted by Crippen LogP contribution is 2.29. The lowest BCUT2D eigenvalue weighted by Gasteiger charge is -2.03. The zero-order valence-electron chi connectivity index (χ0n) is 15.9. The Kier molecular flexibility index (Phi) is 14.9. The van der Waals surface area contributed by atoms with Gasteiger partial charge in [-0.15, -0.1) is 0 Å². The first-order valence-corrected chi connectivity index (χ1v) is 12.1. The first-order valence-electron chi connectivity index (χ1n) is 7.86. The molecule has 0 spiro atoms. The molecular formula is C19H17Br3Cl4O4. The minimum absolute atomic E-state index is 0.310. The molecule has 0 saturated heterocycles. The van der Waals surface area contributed by atoms with Crippen LogP contribution in [0.1, 0.15) is 31.8 Å². The maximum Gasteiger partial charge on any atom is 0.337 e. The van der Waals surface area contributed by atoms with Gasteiger partial charge in [-0.1, -0.05) is 106 Å². The number of alkyl halides is 5. The Morgan fingerprint density at radius 1 is 0.867 bits per heavy atom. The Hall–Kier alpha value is -0.0200. The van der Waals surface area contributed by atoms with Crippen LogP contribution in [0.25, 0.3) is 0 Å². The van der Waals surface area contributed by atoms with Crippen LogP contribution in [0.5, 0.6) is 0 Å². The molecule has 2 aromatic carbocycles. The Morgan fingerprint density at radius 3 is 1.60 bits per heavy atom. The second kappa shape index (κ2) is 14.9. The summed E-state index contributed by atoms with van der Waals surface area (Å²) in [4.78, 5) is 22.1. The van der Waals surface area contributed by atoms with Gasteiger partial charge in [0.25, 0.3) is 3.25 Å². The number of carbonyl (C=O) groups is 2. The van der Waals surface area contributed by atoms with Gasteiger partial charge in [0.2, 0.25) is 0 Å². The van der Waals surface area contributed by atoms with Gasteiger partial charge in [0.1, 0.15) is 0 Å². The lowest BCUT2D eigenvalue weighted by Crippen LogP contribution is -2.01. The summed E-state index contributed by atoms with van der Waals surface area (Å²) < 4.78 is 9.38. The van der Waals surface area contributed by atoms with Crippen molar-refractivity contribution in [2.75, 3.05) is 14.2 Å². The Labute approximate surface area is 220 Å². The van der Waals surface area contributed by atoms with Gasteiger partial charge < -0.3 is 9.47 Å². The second-order valence-electron chi connectivity index (χ2n) is 5.32. The van der Waals surface area contributed by atoms with Crippen molar-refractivity contribution in [2.45, 2.75) is 15.5 Å². The van der Waals surface area contributed by atoms with E-state index in [1.807, 2.05) is 19.1 Å². The van der Waals surface area contributed by atoms with Gasteiger partial charge in [-0.05, 0) is 42.3 Å². The first-order chi connectivity index (χ1) is 13.8.